The van der Waals surface area contributed by atoms with Gasteiger partial charge in [-0.15, -0.1) is 11.3 Å². The summed E-state index contributed by atoms with van der Waals surface area (Å²) in [6.07, 6.45) is -3.31. The molecule has 31 heavy (non-hydrogen) atoms. The molecule has 0 unspecified atom stereocenters. The number of ether oxygens (including phenoxy) is 1. The third kappa shape index (κ3) is 6.55. The van der Waals surface area contributed by atoms with Gasteiger partial charge in [-0.2, -0.15) is 18.4 Å². The molecule has 1 N–H and O–H groups in total. The van der Waals surface area contributed by atoms with Gasteiger partial charge in [0.25, 0.3) is 0 Å². The molecule has 0 radical (unpaired) electrons. The SMILES string of the molecule is N#CCCCOc1cccc(NC(=O)Cc2csc(-c3ccc(C(F)(F)F)cc3)n2)c1. The number of aromatic nitrogens is 1. The number of anilines is 1. The molecule has 3 aromatic rings. The van der Waals surface area contributed by atoms with Crippen LogP contribution in [-0.4, -0.2) is 17.5 Å². The number of benzene rings is 2. The van der Waals surface area contributed by atoms with Crippen LogP contribution in [0, 0.1) is 11.3 Å². The summed E-state index contributed by atoms with van der Waals surface area (Å²) in [5, 5.41) is 13.6. The minimum Gasteiger partial charge on any atom is -0.493 e. The van der Waals surface area contributed by atoms with Crippen LogP contribution in [-0.2, 0) is 17.4 Å². The lowest BCUT2D eigenvalue weighted by Gasteiger charge is -2.08. The zero-order valence-corrected chi connectivity index (χ0v) is 17.1. The largest absolute Gasteiger partial charge is 0.493 e. The molecule has 5 nitrogen and oxygen atoms in total. The molecule has 0 saturated carbocycles. The Morgan fingerprint density at radius 1 is 1.19 bits per heavy atom. The van der Waals surface area contributed by atoms with E-state index in [1.165, 1.54) is 23.5 Å². The van der Waals surface area contributed by atoms with E-state index in [4.69, 9.17) is 10.00 Å². The number of carbonyl (C=O) groups excluding carboxylic acids is 1. The second-order valence-corrected chi connectivity index (χ2v) is 7.44. The van der Waals surface area contributed by atoms with Crippen LogP contribution in [0.15, 0.2) is 53.9 Å². The third-order valence-corrected chi connectivity index (χ3v) is 5.11. The summed E-state index contributed by atoms with van der Waals surface area (Å²) in [4.78, 5) is 16.7. The smallest absolute Gasteiger partial charge is 0.416 e. The minimum absolute atomic E-state index is 0.0321. The van der Waals surface area contributed by atoms with E-state index in [0.29, 0.717) is 47.2 Å². The fourth-order valence-electron chi connectivity index (χ4n) is 2.70. The lowest BCUT2D eigenvalue weighted by Crippen LogP contribution is -2.14. The first-order valence-electron chi connectivity index (χ1n) is 9.37. The van der Waals surface area contributed by atoms with Crippen molar-refractivity contribution in [3.63, 3.8) is 0 Å². The second kappa shape index (κ2) is 10.1. The number of carbonyl (C=O) groups is 1. The number of hydrogen-bond acceptors (Lipinski definition) is 5. The van der Waals surface area contributed by atoms with Crippen molar-refractivity contribution in [2.45, 2.75) is 25.4 Å². The molecular weight excluding hydrogens is 427 g/mol. The second-order valence-electron chi connectivity index (χ2n) is 6.58. The van der Waals surface area contributed by atoms with E-state index in [0.717, 1.165) is 12.1 Å². The summed E-state index contributed by atoms with van der Waals surface area (Å²) >= 11 is 1.26. The van der Waals surface area contributed by atoms with Gasteiger partial charge in [0.1, 0.15) is 10.8 Å². The molecule has 1 amide bonds. The quantitative estimate of drug-likeness (QED) is 0.452. The number of amides is 1. The topological polar surface area (TPSA) is 75.0 Å². The first-order valence-corrected chi connectivity index (χ1v) is 10.2. The normalized spacial score (nSPS) is 11.0. The molecule has 1 aromatic heterocycles. The van der Waals surface area contributed by atoms with Crippen molar-refractivity contribution in [3.05, 3.63) is 65.2 Å². The molecule has 0 bridgehead atoms. The van der Waals surface area contributed by atoms with Gasteiger partial charge in [0.15, 0.2) is 0 Å². The molecule has 0 aliphatic carbocycles. The molecule has 0 aliphatic rings. The molecule has 0 spiro atoms. The van der Waals surface area contributed by atoms with Crippen LogP contribution in [0.1, 0.15) is 24.1 Å². The zero-order chi connectivity index (χ0) is 22.3. The van der Waals surface area contributed by atoms with Crippen LogP contribution < -0.4 is 10.1 Å². The minimum atomic E-state index is -4.39. The number of nitrogens with one attached hydrogen (secondary N) is 1. The van der Waals surface area contributed by atoms with Gasteiger partial charge in [0.2, 0.25) is 5.91 Å². The van der Waals surface area contributed by atoms with Gasteiger partial charge >= 0.3 is 6.18 Å². The van der Waals surface area contributed by atoms with Gasteiger partial charge in [0, 0.05) is 29.1 Å². The number of thiazole rings is 1. The average molecular weight is 445 g/mol. The highest BCUT2D eigenvalue weighted by Gasteiger charge is 2.30. The van der Waals surface area contributed by atoms with E-state index in [9.17, 15) is 18.0 Å². The monoisotopic (exact) mass is 445 g/mol. The van der Waals surface area contributed by atoms with Crippen molar-refractivity contribution in [3.8, 4) is 22.4 Å². The molecule has 0 saturated heterocycles. The Bertz CT molecular complexity index is 1070. The number of nitriles is 1. The Balaban J connectivity index is 1.57. The predicted molar refractivity (Wildman–Crippen MR) is 112 cm³/mol. The molecular formula is C22H18F3N3O2S. The summed E-state index contributed by atoms with van der Waals surface area (Å²) in [6.45, 7) is 0.413. The van der Waals surface area contributed by atoms with Gasteiger partial charge in [-0.25, -0.2) is 4.98 Å². The Kier molecular flexibility index (Phi) is 7.26. The number of unbranched alkanes of at least 4 members (excludes halogenated alkanes) is 1. The van der Waals surface area contributed by atoms with E-state index in [2.05, 4.69) is 10.3 Å². The molecule has 9 heteroatoms. The van der Waals surface area contributed by atoms with Crippen LogP contribution in [0.25, 0.3) is 10.6 Å². The Morgan fingerprint density at radius 2 is 1.97 bits per heavy atom. The lowest BCUT2D eigenvalue weighted by atomic mass is 10.1. The van der Waals surface area contributed by atoms with E-state index < -0.39 is 11.7 Å². The highest BCUT2D eigenvalue weighted by atomic mass is 32.1. The van der Waals surface area contributed by atoms with Crippen LogP contribution in [0.2, 0.25) is 0 Å². The molecule has 0 atom stereocenters. The maximum Gasteiger partial charge on any atom is 0.416 e. The average Bonchev–Trinajstić information content (AvgIpc) is 3.19. The number of alkyl halides is 3. The highest BCUT2D eigenvalue weighted by molar-refractivity contribution is 7.13. The molecule has 1 heterocycles. The predicted octanol–water partition coefficient (Wildman–Crippen LogP) is 5.69. The fraction of sp³-hybridized carbons (Fsp3) is 0.227. The van der Waals surface area contributed by atoms with Crippen LogP contribution in [0.5, 0.6) is 5.75 Å². The first kappa shape index (κ1) is 22.3. The van der Waals surface area contributed by atoms with Crippen LogP contribution >= 0.6 is 11.3 Å². The van der Waals surface area contributed by atoms with Crippen molar-refractivity contribution in [1.29, 1.82) is 5.26 Å². The van der Waals surface area contributed by atoms with Crippen molar-refractivity contribution in [1.82, 2.24) is 4.98 Å². The number of hydrogen-bond donors (Lipinski definition) is 1. The summed E-state index contributed by atoms with van der Waals surface area (Å²) < 4.78 is 43.6. The maximum atomic E-state index is 12.7. The Morgan fingerprint density at radius 3 is 2.68 bits per heavy atom. The standard InChI is InChI=1S/C22H18F3N3O2S/c23-22(24,25)16-8-6-15(7-9-16)21-28-18(14-31-21)13-20(29)27-17-4-3-5-19(12-17)30-11-2-1-10-26/h3-9,12,14H,1-2,11,13H2,(H,27,29). The van der Waals surface area contributed by atoms with E-state index in [-0.39, 0.29) is 12.3 Å². The first-order chi connectivity index (χ1) is 14.8. The zero-order valence-electron chi connectivity index (χ0n) is 16.3. The van der Waals surface area contributed by atoms with Crippen LogP contribution in [0.3, 0.4) is 0 Å². The third-order valence-electron chi connectivity index (χ3n) is 4.17. The number of rotatable bonds is 8. The van der Waals surface area contributed by atoms with Gasteiger partial charge in [-0.05, 0) is 30.7 Å². The molecule has 3 rings (SSSR count). The van der Waals surface area contributed by atoms with Gasteiger partial charge in [-0.3, -0.25) is 4.79 Å². The van der Waals surface area contributed by atoms with E-state index in [1.54, 1.807) is 29.6 Å². The summed E-state index contributed by atoms with van der Waals surface area (Å²) in [5.74, 6) is 0.319. The van der Waals surface area contributed by atoms with Crippen molar-refractivity contribution < 1.29 is 22.7 Å². The summed E-state index contributed by atoms with van der Waals surface area (Å²) in [5.41, 5.74) is 0.942. The lowest BCUT2D eigenvalue weighted by molar-refractivity contribution is -0.137. The van der Waals surface area contributed by atoms with Crippen molar-refractivity contribution >= 4 is 22.9 Å². The van der Waals surface area contributed by atoms with Crippen molar-refractivity contribution in [2.24, 2.45) is 0 Å². The number of halogens is 3. The summed E-state index contributed by atoms with van der Waals surface area (Å²) in [6, 6.07) is 13.7. The van der Waals surface area contributed by atoms with Gasteiger partial charge < -0.3 is 10.1 Å². The summed E-state index contributed by atoms with van der Waals surface area (Å²) in [7, 11) is 0. The Labute approximate surface area is 181 Å². The maximum absolute atomic E-state index is 12.7. The van der Waals surface area contributed by atoms with Crippen LogP contribution in [0.4, 0.5) is 18.9 Å². The molecule has 0 fully saturated rings. The van der Waals surface area contributed by atoms with Gasteiger partial charge in [-0.1, -0.05) is 18.2 Å². The van der Waals surface area contributed by atoms with E-state index >= 15 is 0 Å². The highest BCUT2D eigenvalue weighted by Crippen LogP contribution is 2.31. The van der Waals surface area contributed by atoms with E-state index in [1.807, 2.05) is 6.07 Å². The number of nitrogens with zero attached hydrogens (tertiary/aromatic N) is 2. The molecule has 2 aromatic carbocycles. The molecule has 160 valence electrons. The van der Waals surface area contributed by atoms with Crippen molar-refractivity contribution in [2.75, 3.05) is 11.9 Å². The molecule has 0 aliphatic heterocycles. The van der Waals surface area contributed by atoms with Gasteiger partial charge in [0.05, 0.1) is 30.4 Å². The Hall–Kier alpha value is -3.38. The fourth-order valence-corrected chi connectivity index (χ4v) is 3.52.